The molecule has 0 amide bonds. The SMILES string of the molecule is CCC(OCC1COCO1)[Si](OC)(OC)OC. The lowest BCUT2D eigenvalue weighted by Gasteiger charge is -2.32. The molecule has 1 saturated heterocycles. The van der Waals surface area contributed by atoms with E-state index in [0.29, 0.717) is 20.0 Å². The zero-order valence-corrected chi connectivity index (χ0v) is 11.9. The van der Waals surface area contributed by atoms with Crippen molar-refractivity contribution in [1.29, 1.82) is 0 Å². The van der Waals surface area contributed by atoms with Crippen LogP contribution in [0.4, 0.5) is 0 Å². The molecule has 2 unspecified atom stereocenters. The fraction of sp³-hybridized carbons (Fsp3) is 1.00. The predicted octanol–water partition coefficient (Wildman–Crippen LogP) is 0.572. The molecule has 6 nitrogen and oxygen atoms in total. The average molecular weight is 266 g/mol. The van der Waals surface area contributed by atoms with Crippen LogP contribution in [0.5, 0.6) is 0 Å². The maximum absolute atomic E-state index is 5.80. The van der Waals surface area contributed by atoms with Gasteiger partial charge in [-0.05, 0) is 6.42 Å². The second kappa shape index (κ2) is 7.42. The van der Waals surface area contributed by atoms with Gasteiger partial charge in [0, 0.05) is 21.3 Å². The van der Waals surface area contributed by atoms with Gasteiger partial charge in [-0.3, -0.25) is 0 Å². The standard InChI is InChI=1S/C10H22O6Si/c1-5-10(17(11-2,12-3)13-4)15-7-9-6-14-8-16-9/h9-10H,5-8H2,1-4H3. The minimum absolute atomic E-state index is 0.0127. The molecule has 7 heteroatoms. The summed E-state index contributed by atoms with van der Waals surface area (Å²) >= 11 is 0. The van der Waals surface area contributed by atoms with E-state index in [1.54, 1.807) is 21.3 Å². The number of rotatable bonds is 8. The summed E-state index contributed by atoms with van der Waals surface area (Å²) in [6.45, 7) is 3.38. The molecule has 0 saturated carbocycles. The summed E-state index contributed by atoms with van der Waals surface area (Å²) in [5, 5.41) is 0. The molecule has 17 heavy (non-hydrogen) atoms. The summed E-state index contributed by atoms with van der Waals surface area (Å²) in [5.41, 5.74) is -0.188. The van der Waals surface area contributed by atoms with Crippen molar-refractivity contribution in [2.24, 2.45) is 0 Å². The van der Waals surface area contributed by atoms with Crippen molar-refractivity contribution in [3.63, 3.8) is 0 Å². The van der Waals surface area contributed by atoms with E-state index in [1.807, 2.05) is 6.92 Å². The van der Waals surface area contributed by atoms with Crippen LogP contribution in [0.25, 0.3) is 0 Å². The van der Waals surface area contributed by atoms with E-state index in [2.05, 4.69) is 0 Å². The van der Waals surface area contributed by atoms with Crippen LogP contribution >= 0.6 is 0 Å². The molecule has 0 aliphatic carbocycles. The highest BCUT2D eigenvalue weighted by atomic mass is 28.4. The predicted molar refractivity (Wildman–Crippen MR) is 62.5 cm³/mol. The highest BCUT2D eigenvalue weighted by Gasteiger charge is 2.47. The van der Waals surface area contributed by atoms with Crippen molar-refractivity contribution in [1.82, 2.24) is 0 Å². The van der Waals surface area contributed by atoms with Gasteiger partial charge >= 0.3 is 8.80 Å². The van der Waals surface area contributed by atoms with Gasteiger partial charge in [0.05, 0.1) is 13.2 Å². The molecule has 0 radical (unpaired) electrons. The maximum atomic E-state index is 5.80. The van der Waals surface area contributed by atoms with Crippen molar-refractivity contribution in [2.75, 3.05) is 41.3 Å². The molecule has 0 spiro atoms. The Balaban J connectivity index is 2.49. The fourth-order valence-corrected chi connectivity index (χ4v) is 3.89. The molecule has 0 aromatic rings. The summed E-state index contributed by atoms with van der Waals surface area (Å²) in [7, 11) is 2.01. The summed E-state index contributed by atoms with van der Waals surface area (Å²) in [5.74, 6) is 0. The van der Waals surface area contributed by atoms with E-state index in [1.165, 1.54) is 0 Å². The first kappa shape index (κ1) is 15.0. The second-order valence-corrected chi connectivity index (χ2v) is 6.80. The van der Waals surface area contributed by atoms with E-state index >= 15 is 0 Å². The Morgan fingerprint density at radius 2 is 1.88 bits per heavy atom. The van der Waals surface area contributed by atoms with Crippen molar-refractivity contribution >= 4 is 8.80 Å². The van der Waals surface area contributed by atoms with Crippen LogP contribution in [-0.4, -0.2) is 62.0 Å². The number of ether oxygens (including phenoxy) is 3. The third kappa shape index (κ3) is 3.72. The molecule has 102 valence electrons. The van der Waals surface area contributed by atoms with Gasteiger partial charge < -0.3 is 27.5 Å². The lowest BCUT2D eigenvalue weighted by Crippen LogP contribution is -2.55. The minimum Gasteiger partial charge on any atom is -0.375 e. The van der Waals surface area contributed by atoms with Gasteiger partial charge in [0.1, 0.15) is 18.6 Å². The fourth-order valence-electron chi connectivity index (χ4n) is 1.81. The van der Waals surface area contributed by atoms with Gasteiger partial charge in [0.15, 0.2) is 0 Å². The summed E-state index contributed by atoms with van der Waals surface area (Å²) in [6.07, 6.45) is 0.747. The monoisotopic (exact) mass is 266 g/mol. The molecule has 0 aromatic heterocycles. The Hall–Kier alpha value is -0.0231. The van der Waals surface area contributed by atoms with Gasteiger partial charge in [-0.25, -0.2) is 0 Å². The van der Waals surface area contributed by atoms with E-state index in [4.69, 9.17) is 27.5 Å². The molecule has 1 fully saturated rings. The molecule has 0 N–H and O–H groups in total. The Morgan fingerprint density at radius 3 is 2.29 bits per heavy atom. The second-order valence-electron chi connectivity index (χ2n) is 3.72. The van der Waals surface area contributed by atoms with Crippen LogP contribution in [0.15, 0.2) is 0 Å². The number of hydrogen-bond donors (Lipinski definition) is 0. The molecular weight excluding hydrogens is 244 g/mol. The van der Waals surface area contributed by atoms with Crippen LogP contribution < -0.4 is 0 Å². The summed E-state index contributed by atoms with van der Waals surface area (Å²) < 4.78 is 32.4. The average Bonchev–Trinajstić information content (AvgIpc) is 2.88. The Bertz CT molecular complexity index is 197. The van der Waals surface area contributed by atoms with Gasteiger partial charge in [0.25, 0.3) is 0 Å². The van der Waals surface area contributed by atoms with Crippen LogP contribution in [0, 0.1) is 0 Å². The van der Waals surface area contributed by atoms with Gasteiger partial charge in [-0.2, -0.15) is 0 Å². The van der Waals surface area contributed by atoms with Crippen molar-refractivity contribution < 1.29 is 27.5 Å². The van der Waals surface area contributed by atoms with Crippen LogP contribution in [0.2, 0.25) is 0 Å². The Kier molecular flexibility index (Phi) is 6.56. The van der Waals surface area contributed by atoms with E-state index in [-0.39, 0.29) is 11.8 Å². The van der Waals surface area contributed by atoms with Gasteiger partial charge in [0.2, 0.25) is 0 Å². The molecule has 2 atom stereocenters. The highest BCUT2D eigenvalue weighted by Crippen LogP contribution is 2.19. The topological polar surface area (TPSA) is 55.4 Å². The number of hydrogen-bond acceptors (Lipinski definition) is 6. The zero-order valence-electron chi connectivity index (χ0n) is 10.9. The normalized spacial score (nSPS) is 22.9. The van der Waals surface area contributed by atoms with E-state index in [9.17, 15) is 0 Å². The highest BCUT2D eigenvalue weighted by molar-refractivity contribution is 6.62. The molecule has 1 rings (SSSR count). The van der Waals surface area contributed by atoms with Crippen LogP contribution in [-0.2, 0) is 27.5 Å². The lowest BCUT2D eigenvalue weighted by atomic mass is 10.4. The first-order valence-electron chi connectivity index (χ1n) is 5.68. The van der Waals surface area contributed by atoms with Crippen LogP contribution in [0.1, 0.15) is 13.3 Å². The largest absolute Gasteiger partial charge is 0.530 e. The van der Waals surface area contributed by atoms with Crippen LogP contribution in [0.3, 0.4) is 0 Å². The first-order valence-corrected chi connectivity index (χ1v) is 7.49. The molecule has 1 heterocycles. The van der Waals surface area contributed by atoms with Crippen molar-refractivity contribution in [3.05, 3.63) is 0 Å². The lowest BCUT2D eigenvalue weighted by molar-refractivity contribution is -0.0330. The zero-order chi connectivity index (χ0) is 12.7. The van der Waals surface area contributed by atoms with E-state index < -0.39 is 8.80 Å². The van der Waals surface area contributed by atoms with E-state index in [0.717, 1.165) is 6.42 Å². The molecular formula is C10H22O6Si. The summed E-state index contributed by atoms with van der Waals surface area (Å²) in [4.78, 5) is 0. The molecule has 1 aliphatic rings. The first-order chi connectivity index (χ1) is 8.22. The minimum atomic E-state index is -2.74. The van der Waals surface area contributed by atoms with Crippen molar-refractivity contribution in [3.8, 4) is 0 Å². The molecule has 0 aromatic carbocycles. The smallest absolute Gasteiger partial charge is 0.375 e. The van der Waals surface area contributed by atoms with Gasteiger partial charge in [-0.1, -0.05) is 6.92 Å². The van der Waals surface area contributed by atoms with Gasteiger partial charge in [-0.15, -0.1) is 0 Å². The third-order valence-electron chi connectivity index (χ3n) is 2.79. The third-order valence-corrected chi connectivity index (χ3v) is 5.86. The Labute approximate surface area is 103 Å². The quantitative estimate of drug-likeness (QED) is 0.599. The Morgan fingerprint density at radius 1 is 1.24 bits per heavy atom. The molecule has 1 aliphatic heterocycles. The summed E-state index contributed by atoms with van der Waals surface area (Å²) in [6, 6.07) is 0. The van der Waals surface area contributed by atoms with Crippen molar-refractivity contribution in [2.45, 2.75) is 25.2 Å². The maximum Gasteiger partial charge on any atom is 0.530 e. The molecule has 0 bridgehead atoms.